The molecule has 1 aromatic carbocycles. The zero-order valence-electron chi connectivity index (χ0n) is 16.0. The summed E-state index contributed by atoms with van der Waals surface area (Å²) in [6.07, 6.45) is 5.12. The Balaban J connectivity index is 1.52. The van der Waals surface area contributed by atoms with Crippen molar-refractivity contribution in [3.05, 3.63) is 29.3 Å². The molecule has 1 saturated heterocycles. The lowest BCUT2D eigenvalue weighted by molar-refractivity contribution is -0.129. The molecule has 2 aliphatic rings. The van der Waals surface area contributed by atoms with E-state index in [1.165, 1.54) is 12.8 Å². The highest BCUT2D eigenvalue weighted by molar-refractivity contribution is 5.98. The van der Waals surface area contributed by atoms with Crippen LogP contribution in [0.3, 0.4) is 0 Å². The minimum Gasteiger partial charge on any atom is -0.355 e. The topological polar surface area (TPSA) is 90.5 Å². The highest BCUT2D eigenvalue weighted by Gasteiger charge is 2.35. The Morgan fingerprint density at radius 1 is 1.22 bits per heavy atom. The summed E-state index contributed by atoms with van der Waals surface area (Å²) < 4.78 is 0. The summed E-state index contributed by atoms with van der Waals surface area (Å²) in [4.78, 5) is 38.4. The van der Waals surface area contributed by atoms with Gasteiger partial charge in [0.2, 0.25) is 5.91 Å². The fourth-order valence-corrected chi connectivity index (χ4v) is 4.07. The number of carbonyl (C=O) groups is 3. The van der Waals surface area contributed by atoms with Gasteiger partial charge in [-0.15, -0.1) is 0 Å². The van der Waals surface area contributed by atoms with Crippen molar-refractivity contribution in [2.45, 2.75) is 45.1 Å². The minimum absolute atomic E-state index is 0.155. The molecule has 27 heavy (non-hydrogen) atoms. The molecule has 4 amide bonds. The largest absolute Gasteiger partial charge is 0.355 e. The molecule has 1 aliphatic heterocycles. The summed E-state index contributed by atoms with van der Waals surface area (Å²) in [6.45, 7) is 3.00. The molecule has 1 atom stereocenters. The Labute approximate surface area is 159 Å². The Bertz CT molecular complexity index is 728. The Kier molecular flexibility index (Phi) is 5.98. The average molecular weight is 372 g/mol. The van der Waals surface area contributed by atoms with Crippen molar-refractivity contribution in [3.8, 4) is 0 Å². The van der Waals surface area contributed by atoms with E-state index in [1.807, 2.05) is 4.90 Å². The summed E-state index contributed by atoms with van der Waals surface area (Å²) in [7, 11) is 1.58. The first-order valence-corrected chi connectivity index (χ1v) is 9.65. The fraction of sp³-hybridized carbons (Fsp3) is 0.550. The molecule has 0 unspecified atom stereocenters. The Morgan fingerprint density at radius 2 is 1.96 bits per heavy atom. The van der Waals surface area contributed by atoms with Gasteiger partial charge in [-0.25, -0.2) is 4.79 Å². The summed E-state index contributed by atoms with van der Waals surface area (Å²) >= 11 is 0. The van der Waals surface area contributed by atoms with Crippen LogP contribution in [-0.2, 0) is 4.79 Å². The van der Waals surface area contributed by atoms with E-state index in [2.05, 4.69) is 16.0 Å². The zero-order chi connectivity index (χ0) is 19.4. The molecule has 7 heteroatoms. The van der Waals surface area contributed by atoms with Crippen LogP contribution in [0.2, 0.25) is 0 Å². The molecule has 0 bridgehead atoms. The molecule has 3 rings (SSSR count). The lowest BCUT2D eigenvalue weighted by atomic mass is 10.1. The van der Waals surface area contributed by atoms with Crippen molar-refractivity contribution in [1.29, 1.82) is 0 Å². The van der Waals surface area contributed by atoms with Crippen LogP contribution in [0.5, 0.6) is 0 Å². The fourth-order valence-electron chi connectivity index (χ4n) is 4.07. The van der Waals surface area contributed by atoms with Crippen LogP contribution >= 0.6 is 0 Å². The van der Waals surface area contributed by atoms with Crippen molar-refractivity contribution in [2.75, 3.05) is 25.5 Å². The quantitative estimate of drug-likeness (QED) is 0.740. The van der Waals surface area contributed by atoms with Crippen LogP contribution in [0.1, 0.15) is 48.0 Å². The zero-order valence-corrected chi connectivity index (χ0v) is 16.0. The molecule has 146 valence electrons. The molecule has 1 saturated carbocycles. The smallest absolute Gasteiger partial charge is 0.319 e. The molecule has 0 aromatic heterocycles. The van der Waals surface area contributed by atoms with Gasteiger partial charge in [-0.05, 0) is 37.5 Å². The van der Waals surface area contributed by atoms with Crippen LogP contribution in [0.4, 0.5) is 10.5 Å². The maximum absolute atomic E-state index is 12.3. The molecule has 7 nitrogen and oxygen atoms in total. The van der Waals surface area contributed by atoms with E-state index in [1.54, 1.807) is 32.2 Å². The van der Waals surface area contributed by atoms with E-state index in [0.29, 0.717) is 30.3 Å². The van der Waals surface area contributed by atoms with Crippen molar-refractivity contribution < 1.29 is 14.4 Å². The van der Waals surface area contributed by atoms with Gasteiger partial charge in [0, 0.05) is 49.8 Å². The number of rotatable bonds is 5. The van der Waals surface area contributed by atoms with Gasteiger partial charge in [0.25, 0.3) is 5.91 Å². The van der Waals surface area contributed by atoms with Crippen LogP contribution in [-0.4, -0.2) is 48.9 Å². The molecule has 1 heterocycles. The molecule has 0 radical (unpaired) electrons. The third-order valence-electron chi connectivity index (χ3n) is 5.61. The van der Waals surface area contributed by atoms with Crippen LogP contribution in [0.25, 0.3) is 0 Å². The highest BCUT2D eigenvalue weighted by atomic mass is 16.2. The van der Waals surface area contributed by atoms with Crippen molar-refractivity contribution in [2.24, 2.45) is 5.92 Å². The second kappa shape index (κ2) is 8.41. The number of carbonyl (C=O) groups excluding carboxylic acids is 3. The number of nitrogens with one attached hydrogen (secondary N) is 3. The first kappa shape index (κ1) is 19.2. The van der Waals surface area contributed by atoms with Crippen molar-refractivity contribution >= 4 is 23.5 Å². The molecule has 1 aliphatic carbocycles. The van der Waals surface area contributed by atoms with E-state index in [9.17, 15) is 14.4 Å². The summed E-state index contributed by atoms with van der Waals surface area (Å²) in [5.41, 5.74) is 1.85. The SMILES string of the molecule is CNC(=O)c1cccc(NC(=O)NC[C@H]2CC(=O)N(C3CCCC3)C2)c1C. The van der Waals surface area contributed by atoms with Crippen molar-refractivity contribution in [1.82, 2.24) is 15.5 Å². The summed E-state index contributed by atoms with van der Waals surface area (Å²) in [5.74, 6) is 0.179. The number of urea groups is 1. The van der Waals surface area contributed by atoms with Gasteiger partial charge in [0.05, 0.1) is 0 Å². The lowest BCUT2D eigenvalue weighted by Crippen LogP contribution is -2.37. The van der Waals surface area contributed by atoms with E-state index in [0.717, 1.165) is 24.9 Å². The molecule has 0 spiro atoms. The number of hydrogen-bond donors (Lipinski definition) is 3. The number of hydrogen-bond acceptors (Lipinski definition) is 3. The van der Waals surface area contributed by atoms with Crippen molar-refractivity contribution in [3.63, 3.8) is 0 Å². The predicted octanol–water partition coefficient (Wildman–Crippen LogP) is 2.27. The first-order valence-electron chi connectivity index (χ1n) is 9.65. The normalized spacial score (nSPS) is 20.0. The maximum atomic E-state index is 12.3. The third kappa shape index (κ3) is 4.40. The maximum Gasteiger partial charge on any atom is 0.319 e. The van der Waals surface area contributed by atoms with Gasteiger partial charge in [-0.3, -0.25) is 9.59 Å². The van der Waals surface area contributed by atoms with Gasteiger partial charge in [0.15, 0.2) is 0 Å². The predicted molar refractivity (Wildman–Crippen MR) is 104 cm³/mol. The Morgan fingerprint density at radius 3 is 2.67 bits per heavy atom. The Hall–Kier alpha value is -2.57. The van der Waals surface area contributed by atoms with E-state index in [4.69, 9.17) is 0 Å². The number of amides is 4. The monoisotopic (exact) mass is 372 g/mol. The van der Waals surface area contributed by atoms with Crippen LogP contribution < -0.4 is 16.0 Å². The third-order valence-corrected chi connectivity index (χ3v) is 5.61. The molecule has 3 N–H and O–H groups in total. The second-order valence-corrected chi connectivity index (χ2v) is 7.45. The van der Waals surface area contributed by atoms with E-state index in [-0.39, 0.29) is 23.8 Å². The van der Waals surface area contributed by atoms with Gasteiger partial charge >= 0.3 is 6.03 Å². The lowest BCUT2D eigenvalue weighted by Gasteiger charge is -2.24. The average Bonchev–Trinajstić information content (AvgIpc) is 3.30. The minimum atomic E-state index is -0.320. The van der Waals surface area contributed by atoms with Crippen LogP contribution in [0, 0.1) is 12.8 Å². The van der Waals surface area contributed by atoms with E-state index >= 15 is 0 Å². The van der Waals surface area contributed by atoms with Gasteiger partial charge < -0.3 is 20.9 Å². The summed E-state index contributed by atoms with van der Waals surface area (Å²) in [5, 5.41) is 8.26. The molecular weight excluding hydrogens is 344 g/mol. The number of nitrogens with zero attached hydrogens (tertiary/aromatic N) is 1. The highest BCUT2D eigenvalue weighted by Crippen LogP contribution is 2.29. The molecule has 1 aromatic rings. The number of anilines is 1. The number of benzene rings is 1. The molecule has 2 fully saturated rings. The van der Waals surface area contributed by atoms with Gasteiger partial charge in [-0.1, -0.05) is 18.9 Å². The van der Waals surface area contributed by atoms with E-state index < -0.39 is 0 Å². The summed E-state index contributed by atoms with van der Waals surface area (Å²) in [6, 6.07) is 5.30. The molecular formula is C20H28N4O3. The second-order valence-electron chi connectivity index (χ2n) is 7.45. The standard InChI is InChI=1S/C20H28N4O3/c1-13-16(19(26)21-2)8-5-9-17(13)23-20(27)22-11-14-10-18(25)24(12-14)15-6-3-4-7-15/h5,8-9,14-15H,3-4,6-7,10-12H2,1-2H3,(H,21,26)(H2,22,23,27)/t14-/m1/s1. The first-order chi connectivity index (χ1) is 13.0. The van der Waals surface area contributed by atoms with Gasteiger partial charge in [-0.2, -0.15) is 0 Å². The van der Waals surface area contributed by atoms with Gasteiger partial charge in [0.1, 0.15) is 0 Å². The van der Waals surface area contributed by atoms with Crippen LogP contribution in [0.15, 0.2) is 18.2 Å². The number of likely N-dealkylation sites (tertiary alicyclic amines) is 1.